The molecule has 0 bridgehead atoms. The van der Waals surface area contributed by atoms with Crippen LogP contribution in [-0.4, -0.2) is 35.5 Å². The minimum atomic E-state index is -0.0103. The molecule has 1 fully saturated rings. The minimum absolute atomic E-state index is 0.0103. The molecule has 2 aromatic rings. The number of benzene rings is 1. The number of aromatic nitrogens is 2. The van der Waals surface area contributed by atoms with Crippen LogP contribution in [0.25, 0.3) is 0 Å². The summed E-state index contributed by atoms with van der Waals surface area (Å²) in [5.41, 5.74) is 1.82. The first-order chi connectivity index (χ1) is 15.1. The molecule has 0 aliphatic heterocycles. The van der Waals surface area contributed by atoms with Crippen molar-refractivity contribution in [3.05, 3.63) is 46.6 Å². The molecule has 168 valence electrons. The molecule has 0 atom stereocenters. The first kappa shape index (κ1) is 23.9. The molecule has 0 spiro atoms. The highest BCUT2D eigenvalue weighted by Crippen LogP contribution is 2.28. The molecule has 0 unspecified atom stereocenters. The lowest BCUT2D eigenvalue weighted by Crippen LogP contribution is -2.34. The number of nitrogens with one attached hydrogen (secondary N) is 1. The Morgan fingerprint density at radius 3 is 2.61 bits per heavy atom. The number of carbonyl (C=O) groups is 1. The summed E-state index contributed by atoms with van der Waals surface area (Å²) in [6, 6.07) is 10.1. The van der Waals surface area contributed by atoms with Gasteiger partial charge in [-0.1, -0.05) is 74.5 Å². The van der Waals surface area contributed by atoms with Crippen molar-refractivity contribution in [3.63, 3.8) is 0 Å². The number of rotatable bonds is 10. The van der Waals surface area contributed by atoms with Crippen molar-refractivity contribution in [2.24, 2.45) is 0 Å². The molecule has 1 saturated carbocycles. The molecule has 1 aliphatic carbocycles. The summed E-state index contributed by atoms with van der Waals surface area (Å²) >= 11 is 7.86. The zero-order chi connectivity index (χ0) is 22.1. The van der Waals surface area contributed by atoms with Crippen LogP contribution in [0.4, 0.5) is 5.82 Å². The minimum Gasteiger partial charge on any atom is -0.357 e. The fourth-order valence-electron chi connectivity index (χ4n) is 3.87. The van der Waals surface area contributed by atoms with Crippen LogP contribution in [0.3, 0.4) is 0 Å². The highest BCUT2D eigenvalue weighted by Gasteiger charge is 2.20. The van der Waals surface area contributed by atoms with E-state index in [0.29, 0.717) is 21.9 Å². The van der Waals surface area contributed by atoms with Gasteiger partial charge in [0, 0.05) is 37.0 Å². The Morgan fingerprint density at radius 1 is 1.16 bits per heavy atom. The third-order valence-corrected chi connectivity index (χ3v) is 6.91. The van der Waals surface area contributed by atoms with Gasteiger partial charge in [0.2, 0.25) is 0 Å². The van der Waals surface area contributed by atoms with E-state index in [0.717, 1.165) is 42.9 Å². The third kappa shape index (κ3) is 7.39. The van der Waals surface area contributed by atoms with Crippen LogP contribution in [0.1, 0.15) is 74.2 Å². The van der Waals surface area contributed by atoms with Crippen molar-refractivity contribution in [1.29, 1.82) is 0 Å². The molecule has 1 amide bonds. The molecule has 7 heteroatoms. The average molecular weight is 461 g/mol. The van der Waals surface area contributed by atoms with Crippen LogP contribution in [-0.2, 0) is 5.75 Å². The number of anilines is 1. The van der Waals surface area contributed by atoms with E-state index >= 15 is 0 Å². The summed E-state index contributed by atoms with van der Waals surface area (Å²) in [6.07, 6.45) is 9.61. The van der Waals surface area contributed by atoms with Crippen LogP contribution in [0.5, 0.6) is 0 Å². The maximum atomic E-state index is 12.2. The lowest BCUT2D eigenvalue weighted by atomic mass is 9.94. The van der Waals surface area contributed by atoms with Gasteiger partial charge in [0.1, 0.15) is 11.0 Å². The lowest BCUT2D eigenvalue weighted by molar-refractivity contribution is 0.0953. The monoisotopic (exact) mass is 460 g/mol. The second kappa shape index (κ2) is 12.3. The first-order valence-corrected chi connectivity index (χ1v) is 12.7. The maximum absolute atomic E-state index is 12.2. The lowest BCUT2D eigenvalue weighted by Gasteiger charge is -2.32. The molecule has 3 rings (SSSR count). The van der Waals surface area contributed by atoms with Crippen molar-refractivity contribution in [2.75, 3.05) is 18.5 Å². The molecule has 0 saturated heterocycles. The van der Waals surface area contributed by atoms with Gasteiger partial charge in [-0.15, -0.1) is 0 Å². The highest BCUT2D eigenvalue weighted by molar-refractivity contribution is 7.98. The van der Waals surface area contributed by atoms with Crippen LogP contribution in [0.2, 0.25) is 5.15 Å². The third-order valence-electron chi connectivity index (χ3n) is 5.79. The first-order valence-electron chi connectivity index (χ1n) is 11.3. The van der Waals surface area contributed by atoms with Crippen LogP contribution < -0.4 is 10.2 Å². The van der Waals surface area contributed by atoms with Crippen LogP contribution >= 0.6 is 23.4 Å². The van der Waals surface area contributed by atoms with Crippen molar-refractivity contribution in [2.45, 2.75) is 75.2 Å². The number of unbranched alkanes of at least 4 members (excludes halogenated alkanes) is 2. The van der Waals surface area contributed by atoms with E-state index in [1.165, 1.54) is 32.1 Å². The molecule has 1 aromatic carbocycles. The largest absolute Gasteiger partial charge is 0.357 e. The van der Waals surface area contributed by atoms with Gasteiger partial charge in [-0.05, 0) is 37.0 Å². The second-order valence-corrected chi connectivity index (χ2v) is 9.51. The van der Waals surface area contributed by atoms with E-state index in [-0.39, 0.29) is 5.91 Å². The van der Waals surface area contributed by atoms with Gasteiger partial charge in [-0.25, -0.2) is 9.97 Å². The zero-order valence-corrected chi connectivity index (χ0v) is 20.1. The van der Waals surface area contributed by atoms with E-state index in [1.54, 1.807) is 11.8 Å². The van der Waals surface area contributed by atoms with E-state index in [2.05, 4.69) is 29.2 Å². The van der Waals surface area contributed by atoms with E-state index in [9.17, 15) is 4.79 Å². The van der Waals surface area contributed by atoms with E-state index < -0.39 is 0 Å². The van der Waals surface area contributed by atoms with Gasteiger partial charge >= 0.3 is 0 Å². The van der Waals surface area contributed by atoms with Crippen LogP contribution in [0.15, 0.2) is 35.5 Å². The topological polar surface area (TPSA) is 58.1 Å². The summed E-state index contributed by atoms with van der Waals surface area (Å²) in [4.78, 5) is 23.6. The number of hydrogen-bond donors (Lipinski definition) is 1. The van der Waals surface area contributed by atoms with E-state index in [1.807, 2.05) is 30.3 Å². The Balaban J connectivity index is 1.55. The SMILES string of the molecule is CCCCCNC(=O)c1ccc(CSc2nc(Cl)cc(N(C)C3CCCCC3)n2)cc1. The molecular formula is C24H33ClN4OS. The Morgan fingerprint density at radius 2 is 1.90 bits per heavy atom. The smallest absolute Gasteiger partial charge is 0.251 e. The summed E-state index contributed by atoms with van der Waals surface area (Å²) in [6.45, 7) is 2.89. The Labute approximate surface area is 195 Å². The number of carbonyl (C=O) groups excluding carboxylic acids is 1. The molecule has 31 heavy (non-hydrogen) atoms. The molecular weight excluding hydrogens is 428 g/mol. The molecule has 0 radical (unpaired) electrons. The van der Waals surface area contributed by atoms with Crippen molar-refractivity contribution < 1.29 is 4.79 Å². The molecule has 1 aromatic heterocycles. The summed E-state index contributed by atoms with van der Waals surface area (Å²) in [5, 5.41) is 4.14. The highest BCUT2D eigenvalue weighted by atomic mass is 35.5. The van der Waals surface area contributed by atoms with Gasteiger partial charge in [0.15, 0.2) is 5.16 Å². The van der Waals surface area contributed by atoms with E-state index in [4.69, 9.17) is 16.6 Å². The fourth-order valence-corrected chi connectivity index (χ4v) is 4.90. The predicted octanol–water partition coefficient (Wildman–Crippen LogP) is 6.11. The second-order valence-electron chi connectivity index (χ2n) is 8.18. The van der Waals surface area contributed by atoms with Gasteiger partial charge < -0.3 is 10.2 Å². The van der Waals surface area contributed by atoms with Crippen molar-refractivity contribution in [3.8, 4) is 0 Å². The molecule has 1 heterocycles. The summed E-state index contributed by atoms with van der Waals surface area (Å²) in [5.74, 6) is 1.61. The summed E-state index contributed by atoms with van der Waals surface area (Å²) in [7, 11) is 2.11. The average Bonchev–Trinajstić information content (AvgIpc) is 2.80. The normalized spacial score (nSPS) is 14.4. The Hall–Kier alpha value is -1.79. The van der Waals surface area contributed by atoms with Gasteiger partial charge in [-0.2, -0.15) is 0 Å². The Bertz CT molecular complexity index is 840. The number of amides is 1. The number of halogens is 1. The standard InChI is InChI=1S/C24H33ClN4OS/c1-3-4-8-15-26-23(30)19-13-11-18(12-14-19)17-31-24-27-21(25)16-22(28-24)29(2)20-9-6-5-7-10-20/h11-14,16,20H,3-10,15,17H2,1-2H3,(H,26,30). The molecule has 1 aliphatic rings. The quantitative estimate of drug-likeness (QED) is 0.200. The number of thioether (sulfide) groups is 1. The fraction of sp³-hybridized carbons (Fsp3) is 0.542. The van der Waals surface area contributed by atoms with Gasteiger partial charge in [0.25, 0.3) is 5.91 Å². The summed E-state index contributed by atoms with van der Waals surface area (Å²) < 4.78 is 0. The van der Waals surface area contributed by atoms with Gasteiger partial charge in [-0.3, -0.25) is 4.79 Å². The van der Waals surface area contributed by atoms with Crippen LogP contribution in [0, 0.1) is 0 Å². The van der Waals surface area contributed by atoms with Gasteiger partial charge in [0.05, 0.1) is 0 Å². The maximum Gasteiger partial charge on any atom is 0.251 e. The predicted molar refractivity (Wildman–Crippen MR) is 130 cm³/mol. The van der Waals surface area contributed by atoms with Crippen molar-refractivity contribution in [1.82, 2.24) is 15.3 Å². The number of nitrogens with zero attached hydrogens (tertiary/aromatic N) is 3. The number of hydrogen-bond acceptors (Lipinski definition) is 5. The Kier molecular flexibility index (Phi) is 9.47. The van der Waals surface area contributed by atoms with Crippen molar-refractivity contribution >= 4 is 35.1 Å². The zero-order valence-electron chi connectivity index (χ0n) is 18.6. The molecule has 5 nitrogen and oxygen atoms in total. The molecule has 1 N–H and O–H groups in total.